The van der Waals surface area contributed by atoms with Gasteiger partial charge in [-0.3, -0.25) is 0 Å². The van der Waals surface area contributed by atoms with Crippen molar-refractivity contribution in [2.75, 3.05) is 14.2 Å². The summed E-state index contributed by atoms with van der Waals surface area (Å²) in [5, 5.41) is 8.30. The van der Waals surface area contributed by atoms with Gasteiger partial charge in [-0.25, -0.2) is 0 Å². The number of benzene rings is 3. The van der Waals surface area contributed by atoms with Crippen LogP contribution in [0.25, 0.3) is 32.9 Å². The van der Waals surface area contributed by atoms with Crippen LogP contribution in [-0.2, 0) is 7.05 Å². The Hall–Kier alpha value is -3.14. The highest BCUT2D eigenvalue weighted by Gasteiger charge is 2.19. The first-order chi connectivity index (χ1) is 12.6. The van der Waals surface area contributed by atoms with E-state index in [9.17, 15) is 0 Å². The Morgan fingerprint density at radius 3 is 2.27 bits per heavy atom. The Morgan fingerprint density at radius 2 is 1.58 bits per heavy atom. The zero-order chi connectivity index (χ0) is 18.3. The lowest BCUT2D eigenvalue weighted by Gasteiger charge is -2.12. The summed E-state index contributed by atoms with van der Waals surface area (Å²) in [6, 6.07) is 18.8. The lowest BCUT2D eigenvalue weighted by Crippen LogP contribution is -2.35. The highest BCUT2D eigenvalue weighted by Crippen LogP contribution is 2.34. The third-order valence-electron chi connectivity index (χ3n) is 4.86. The molecule has 0 bridgehead atoms. The third kappa shape index (κ3) is 2.64. The topological polar surface area (TPSA) is 35.2 Å². The molecule has 0 saturated carbocycles. The average molecular weight is 345 g/mol. The van der Waals surface area contributed by atoms with Crippen molar-refractivity contribution in [2.45, 2.75) is 6.92 Å². The Balaban J connectivity index is 1.99. The summed E-state index contributed by atoms with van der Waals surface area (Å²) in [7, 11) is 5.31. The molecule has 0 aliphatic heterocycles. The van der Waals surface area contributed by atoms with Gasteiger partial charge in [0, 0.05) is 28.2 Å². The summed E-state index contributed by atoms with van der Waals surface area (Å²) in [6.45, 7) is 2.05. The normalized spacial score (nSPS) is 11.1. The van der Waals surface area contributed by atoms with Crippen LogP contribution in [0.5, 0.6) is 11.5 Å². The van der Waals surface area contributed by atoms with E-state index in [1.54, 1.807) is 14.2 Å². The first-order valence-electron chi connectivity index (χ1n) is 8.53. The SMILES string of the molecule is COc1cc(OC)c(C)c(-c2cc3cc4ccccc4cc3n[n+]2C)c1. The van der Waals surface area contributed by atoms with E-state index in [1.165, 1.54) is 10.8 Å². The average Bonchev–Trinajstić information content (AvgIpc) is 2.66. The van der Waals surface area contributed by atoms with Crippen LogP contribution in [-0.4, -0.2) is 19.3 Å². The van der Waals surface area contributed by atoms with Crippen LogP contribution in [0.1, 0.15) is 5.56 Å². The minimum Gasteiger partial charge on any atom is -0.497 e. The summed E-state index contributed by atoms with van der Waals surface area (Å²) < 4.78 is 12.9. The van der Waals surface area contributed by atoms with Gasteiger partial charge in [0.15, 0.2) is 7.05 Å². The minimum atomic E-state index is 0.765. The van der Waals surface area contributed by atoms with Crippen LogP contribution >= 0.6 is 0 Å². The number of aryl methyl sites for hydroxylation is 1. The molecule has 0 aliphatic rings. The molecule has 0 radical (unpaired) electrons. The molecule has 0 unspecified atom stereocenters. The Kier molecular flexibility index (Phi) is 3.96. The second-order valence-corrected chi connectivity index (χ2v) is 6.41. The highest BCUT2D eigenvalue weighted by atomic mass is 16.5. The Morgan fingerprint density at radius 1 is 0.846 bits per heavy atom. The van der Waals surface area contributed by atoms with E-state index in [1.807, 2.05) is 23.9 Å². The second-order valence-electron chi connectivity index (χ2n) is 6.41. The summed E-state index contributed by atoms with van der Waals surface area (Å²) in [4.78, 5) is 0. The molecule has 0 amide bonds. The molecule has 4 aromatic rings. The van der Waals surface area contributed by atoms with Crippen LogP contribution in [0.15, 0.2) is 54.6 Å². The maximum absolute atomic E-state index is 5.52. The molecule has 26 heavy (non-hydrogen) atoms. The van der Waals surface area contributed by atoms with Gasteiger partial charge in [-0.15, -0.1) is 0 Å². The first-order valence-corrected chi connectivity index (χ1v) is 8.53. The molecule has 1 aromatic heterocycles. The molecule has 130 valence electrons. The largest absolute Gasteiger partial charge is 0.497 e. The predicted molar refractivity (Wildman–Crippen MR) is 104 cm³/mol. The van der Waals surface area contributed by atoms with Crippen LogP contribution in [0, 0.1) is 6.92 Å². The van der Waals surface area contributed by atoms with Crippen LogP contribution in [0.2, 0.25) is 0 Å². The van der Waals surface area contributed by atoms with Gasteiger partial charge in [-0.1, -0.05) is 28.9 Å². The Labute approximate surface area is 152 Å². The van der Waals surface area contributed by atoms with Crippen molar-refractivity contribution in [2.24, 2.45) is 7.05 Å². The molecule has 1 heterocycles. The molecule has 4 nitrogen and oxygen atoms in total. The van der Waals surface area contributed by atoms with Crippen LogP contribution in [0.4, 0.5) is 0 Å². The molecule has 0 atom stereocenters. The molecule has 3 aromatic carbocycles. The van der Waals surface area contributed by atoms with E-state index in [-0.39, 0.29) is 0 Å². The van der Waals surface area contributed by atoms with Gasteiger partial charge in [0.1, 0.15) is 17.0 Å². The van der Waals surface area contributed by atoms with Gasteiger partial charge in [0.25, 0.3) is 0 Å². The van der Waals surface area contributed by atoms with Gasteiger partial charge in [-0.2, -0.15) is 0 Å². The van der Waals surface area contributed by atoms with Crippen molar-refractivity contribution in [3.8, 4) is 22.8 Å². The first kappa shape index (κ1) is 16.3. The summed E-state index contributed by atoms with van der Waals surface area (Å²) >= 11 is 0. The molecule has 0 aliphatic carbocycles. The number of nitrogens with zero attached hydrogens (tertiary/aromatic N) is 2. The Bertz CT molecular complexity index is 1140. The maximum Gasteiger partial charge on any atom is 0.240 e. The molecule has 0 saturated heterocycles. The van der Waals surface area contributed by atoms with Crippen molar-refractivity contribution < 1.29 is 14.2 Å². The number of methoxy groups -OCH3 is 2. The fourth-order valence-electron chi connectivity index (χ4n) is 3.41. The molecular formula is C22H21N2O2+. The molecule has 0 N–H and O–H groups in total. The van der Waals surface area contributed by atoms with Crippen molar-refractivity contribution in [1.82, 2.24) is 5.10 Å². The fraction of sp³-hybridized carbons (Fsp3) is 0.182. The number of rotatable bonds is 3. The van der Waals surface area contributed by atoms with Crippen molar-refractivity contribution in [1.29, 1.82) is 0 Å². The smallest absolute Gasteiger partial charge is 0.240 e. The van der Waals surface area contributed by atoms with E-state index < -0.39 is 0 Å². The van der Waals surface area contributed by atoms with Gasteiger partial charge in [-0.05, 0) is 35.9 Å². The van der Waals surface area contributed by atoms with E-state index in [4.69, 9.17) is 14.6 Å². The molecule has 4 heteroatoms. The van der Waals surface area contributed by atoms with E-state index in [2.05, 4.69) is 49.4 Å². The second kappa shape index (κ2) is 6.30. The van der Waals surface area contributed by atoms with Gasteiger partial charge < -0.3 is 9.47 Å². The standard InChI is InChI=1S/C22H21N2O2/c1-14-19(12-18(25-3)13-22(14)26-4)21-11-17-9-15-7-5-6-8-16(15)10-20(17)23-24(21)2/h5-13H,1-4H3/q+1. The highest BCUT2D eigenvalue weighted by molar-refractivity contribution is 5.96. The zero-order valence-corrected chi connectivity index (χ0v) is 15.4. The number of hydrogen-bond acceptors (Lipinski definition) is 3. The lowest BCUT2D eigenvalue weighted by atomic mass is 10.0. The zero-order valence-electron chi connectivity index (χ0n) is 15.4. The number of ether oxygens (including phenoxy) is 2. The molecule has 0 spiro atoms. The molecular weight excluding hydrogens is 324 g/mol. The quantitative estimate of drug-likeness (QED) is 0.412. The summed E-state index contributed by atoms with van der Waals surface area (Å²) in [5.41, 5.74) is 4.10. The maximum atomic E-state index is 5.52. The third-order valence-corrected chi connectivity index (χ3v) is 4.86. The van der Waals surface area contributed by atoms with Crippen LogP contribution in [0.3, 0.4) is 0 Å². The van der Waals surface area contributed by atoms with E-state index in [0.717, 1.165) is 39.2 Å². The minimum absolute atomic E-state index is 0.765. The molecule has 0 fully saturated rings. The monoisotopic (exact) mass is 345 g/mol. The number of hydrogen-bond donors (Lipinski definition) is 0. The van der Waals surface area contributed by atoms with Gasteiger partial charge >= 0.3 is 0 Å². The van der Waals surface area contributed by atoms with Crippen LogP contribution < -0.4 is 14.2 Å². The predicted octanol–water partition coefficient (Wildman–Crippen LogP) is 4.21. The van der Waals surface area contributed by atoms with E-state index in [0.29, 0.717) is 0 Å². The van der Waals surface area contributed by atoms with E-state index >= 15 is 0 Å². The molecule has 4 rings (SSSR count). The number of aromatic nitrogens is 2. The van der Waals surface area contributed by atoms with Gasteiger partial charge in [0.05, 0.1) is 19.8 Å². The van der Waals surface area contributed by atoms with Crippen molar-refractivity contribution in [3.05, 3.63) is 60.2 Å². The summed E-state index contributed by atoms with van der Waals surface area (Å²) in [5.74, 6) is 1.57. The fourth-order valence-corrected chi connectivity index (χ4v) is 3.41. The van der Waals surface area contributed by atoms with Crippen molar-refractivity contribution in [3.63, 3.8) is 0 Å². The number of fused-ring (bicyclic) bond motifs is 2. The van der Waals surface area contributed by atoms with Gasteiger partial charge in [0.2, 0.25) is 5.69 Å². The summed E-state index contributed by atoms with van der Waals surface area (Å²) in [6.07, 6.45) is 0. The lowest BCUT2D eigenvalue weighted by molar-refractivity contribution is -0.717. The van der Waals surface area contributed by atoms with Crippen molar-refractivity contribution >= 4 is 21.7 Å².